The molecule has 0 fully saturated rings. The zero-order valence-electron chi connectivity index (χ0n) is 12.0. The third-order valence-corrected chi connectivity index (χ3v) is 3.62. The molecule has 3 nitrogen and oxygen atoms in total. The molecule has 0 amide bonds. The van der Waals surface area contributed by atoms with E-state index >= 15 is 0 Å². The van der Waals surface area contributed by atoms with Gasteiger partial charge in [0.15, 0.2) is 0 Å². The zero-order chi connectivity index (χ0) is 12.8. The molecule has 0 aromatic carbocycles. The van der Waals surface area contributed by atoms with Crippen molar-refractivity contribution in [3.8, 4) is 0 Å². The van der Waals surface area contributed by atoms with E-state index in [1.807, 2.05) is 7.05 Å². The van der Waals surface area contributed by atoms with E-state index < -0.39 is 0 Å². The van der Waals surface area contributed by atoms with Gasteiger partial charge in [-0.15, -0.1) is 0 Å². The quantitative estimate of drug-likeness (QED) is 0.739. The molecule has 3 heteroatoms. The van der Waals surface area contributed by atoms with Crippen LogP contribution in [0.5, 0.6) is 0 Å². The number of rotatable bonds is 7. The lowest BCUT2D eigenvalue weighted by molar-refractivity contribution is 0.418. The first kappa shape index (κ1) is 14.2. The molecule has 0 atom stereocenters. The van der Waals surface area contributed by atoms with Crippen LogP contribution in [0.4, 0.5) is 0 Å². The number of nitrogens with one attached hydrogen (secondary N) is 1. The highest BCUT2D eigenvalue weighted by Gasteiger charge is 2.15. The largest absolute Gasteiger partial charge is 0.320 e. The van der Waals surface area contributed by atoms with Crippen molar-refractivity contribution in [1.29, 1.82) is 0 Å². The molecule has 0 saturated heterocycles. The summed E-state index contributed by atoms with van der Waals surface area (Å²) in [6, 6.07) is 0.562. The number of aryl methyl sites for hydroxylation is 1. The van der Waals surface area contributed by atoms with E-state index in [9.17, 15) is 0 Å². The molecule has 0 bridgehead atoms. The Morgan fingerprint density at radius 2 is 1.88 bits per heavy atom. The molecule has 0 aliphatic carbocycles. The first-order chi connectivity index (χ1) is 8.15. The minimum atomic E-state index is 0.562. The molecular weight excluding hydrogens is 210 g/mol. The van der Waals surface area contributed by atoms with Crippen molar-refractivity contribution in [3.05, 3.63) is 17.0 Å². The molecule has 0 saturated carbocycles. The van der Waals surface area contributed by atoms with Gasteiger partial charge in [-0.1, -0.05) is 13.8 Å². The number of nitrogens with zero attached hydrogens (tertiary/aromatic N) is 2. The van der Waals surface area contributed by atoms with Crippen molar-refractivity contribution >= 4 is 0 Å². The Labute approximate surface area is 106 Å². The second-order valence-corrected chi connectivity index (χ2v) is 4.77. The summed E-state index contributed by atoms with van der Waals surface area (Å²) in [5, 5.41) is 7.93. The fraction of sp³-hybridized carbons (Fsp3) is 0.786. The van der Waals surface area contributed by atoms with E-state index in [4.69, 9.17) is 5.10 Å². The van der Waals surface area contributed by atoms with Gasteiger partial charge in [0.25, 0.3) is 0 Å². The van der Waals surface area contributed by atoms with Crippen LogP contribution in [-0.4, -0.2) is 23.4 Å². The van der Waals surface area contributed by atoms with Crippen molar-refractivity contribution in [3.63, 3.8) is 0 Å². The molecule has 1 heterocycles. The maximum Gasteiger partial charge on any atom is 0.0628 e. The average Bonchev–Trinajstić information content (AvgIpc) is 2.59. The Morgan fingerprint density at radius 3 is 2.41 bits per heavy atom. The summed E-state index contributed by atoms with van der Waals surface area (Å²) in [7, 11) is 2.01. The Morgan fingerprint density at radius 1 is 1.24 bits per heavy atom. The molecular formula is C14H27N3. The van der Waals surface area contributed by atoms with Crippen molar-refractivity contribution in [2.45, 2.75) is 59.4 Å². The van der Waals surface area contributed by atoms with Gasteiger partial charge >= 0.3 is 0 Å². The lowest BCUT2D eigenvalue weighted by atomic mass is 10.1. The Balaban J connectivity index is 2.85. The molecule has 0 unspecified atom stereocenters. The van der Waals surface area contributed by atoms with E-state index in [0.717, 1.165) is 25.8 Å². The number of hydrogen-bond donors (Lipinski definition) is 1. The molecule has 0 radical (unpaired) electrons. The first-order valence-electron chi connectivity index (χ1n) is 6.84. The second kappa shape index (κ2) is 6.80. The van der Waals surface area contributed by atoms with Gasteiger partial charge in [-0.2, -0.15) is 5.10 Å². The fourth-order valence-corrected chi connectivity index (χ4v) is 2.49. The van der Waals surface area contributed by atoms with Gasteiger partial charge < -0.3 is 5.32 Å². The van der Waals surface area contributed by atoms with Gasteiger partial charge in [-0.3, -0.25) is 4.68 Å². The summed E-state index contributed by atoms with van der Waals surface area (Å²) in [5.41, 5.74) is 4.03. The molecule has 0 aliphatic heterocycles. The minimum Gasteiger partial charge on any atom is -0.320 e. The SMILES string of the molecule is CCC(CC)n1nc(C)c(CCCNC)c1C. The predicted octanol–water partition coefficient (Wildman–Crippen LogP) is 3.01. The predicted molar refractivity (Wildman–Crippen MR) is 73.6 cm³/mol. The Hall–Kier alpha value is -0.830. The summed E-state index contributed by atoms with van der Waals surface area (Å²) in [5.74, 6) is 0. The van der Waals surface area contributed by atoms with Crippen LogP contribution in [0.2, 0.25) is 0 Å². The molecule has 98 valence electrons. The summed E-state index contributed by atoms with van der Waals surface area (Å²) in [6.45, 7) is 9.92. The van der Waals surface area contributed by atoms with Crippen molar-refractivity contribution in [2.75, 3.05) is 13.6 Å². The highest BCUT2D eigenvalue weighted by molar-refractivity contribution is 5.25. The summed E-state index contributed by atoms with van der Waals surface area (Å²) < 4.78 is 2.24. The van der Waals surface area contributed by atoms with Crippen molar-refractivity contribution in [1.82, 2.24) is 15.1 Å². The molecule has 1 aromatic heterocycles. The van der Waals surface area contributed by atoms with Crippen LogP contribution < -0.4 is 5.32 Å². The standard InChI is InChI=1S/C14H27N3/c1-6-13(7-2)17-12(4)14(11(3)16-17)9-8-10-15-5/h13,15H,6-10H2,1-5H3. The minimum absolute atomic E-state index is 0.562. The van der Waals surface area contributed by atoms with Crippen LogP contribution in [0.15, 0.2) is 0 Å². The van der Waals surface area contributed by atoms with Crippen LogP contribution in [0.1, 0.15) is 56.1 Å². The maximum atomic E-state index is 4.73. The maximum absolute atomic E-state index is 4.73. The monoisotopic (exact) mass is 237 g/mol. The third-order valence-electron chi connectivity index (χ3n) is 3.62. The van der Waals surface area contributed by atoms with Crippen molar-refractivity contribution in [2.24, 2.45) is 0 Å². The topological polar surface area (TPSA) is 29.9 Å². The summed E-state index contributed by atoms with van der Waals surface area (Å²) in [6.07, 6.45) is 4.65. The van der Waals surface area contributed by atoms with Gasteiger partial charge in [0, 0.05) is 5.69 Å². The lowest BCUT2D eigenvalue weighted by Gasteiger charge is -2.15. The van der Waals surface area contributed by atoms with Gasteiger partial charge in [-0.05, 0) is 58.7 Å². The molecule has 0 aliphatic rings. The van der Waals surface area contributed by atoms with E-state index in [-0.39, 0.29) is 0 Å². The van der Waals surface area contributed by atoms with Gasteiger partial charge in [0.1, 0.15) is 0 Å². The van der Waals surface area contributed by atoms with Gasteiger partial charge in [-0.25, -0.2) is 0 Å². The molecule has 1 rings (SSSR count). The normalized spacial score (nSPS) is 11.4. The summed E-state index contributed by atoms with van der Waals surface area (Å²) in [4.78, 5) is 0. The van der Waals surface area contributed by atoms with E-state index in [1.54, 1.807) is 0 Å². The van der Waals surface area contributed by atoms with Gasteiger partial charge in [0.2, 0.25) is 0 Å². The van der Waals surface area contributed by atoms with Crippen molar-refractivity contribution < 1.29 is 0 Å². The van der Waals surface area contributed by atoms with Gasteiger partial charge in [0.05, 0.1) is 11.7 Å². The smallest absolute Gasteiger partial charge is 0.0628 e. The van der Waals surface area contributed by atoms with Crippen LogP contribution in [-0.2, 0) is 6.42 Å². The second-order valence-electron chi connectivity index (χ2n) is 4.77. The van der Waals surface area contributed by atoms with Crippen LogP contribution in [0.25, 0.3) is 0 Å². The number of hydrogen-bond acceptors (Lipinski definition) is 2. The number of aromatic nitrogens is 2. The fourth-order valence-electron chi connectivity index (χ4n) is 2.49. The first-order valence-corrected chi connectivity index (χ1v) is 6.84. The van der Waals surface area contributed by atoms with E-state index in [1.165, 1.54) is 23.4 Å². The highest BCUT2D eigenvalue weighted by Crippen LogP contribution is 2.22. The molecule has 0 spiro atoms. The lowest BCUT2D eigenvalue weighted by Crippen LogP contribution is -2.11. The van der Waals surface area contributed by atoms with Crippen LogP contribution in [0, 0.1) is 13.8 Å². The average molecular weight is 237 g/mol. The molecule has 1 N–H and O–H groups in total. The highest BCUT2D eigenvalue weighted by atomic mass is 15.3. The third kappa shape index (κ3) is 3.32. The molecule has 17 heavy (non-hydrogen) atoms. The van der Waals surface area contributed by atoms with Crippen LogP contribution in [0.3, 0.4) is 0 Å². The van der Waals surface area contributed by atoms with E-state index in [2.05, 4.69) is 37.7 Å². The summed E-state index contributed by atoms with van der Waals surface area (Å²) >= 11 is 0. The van der Waals surface area contributed by atoms with Crippen LogP contribution >= 0.6 is 0 Å². The Kier molecular flexibility index (Phi) is 5.69. The Bertz CT molecular complexity index is 337. The zero-order valence-corrected chi connectivity index (χ0v) is 12.0. The molecule has 1 aromatic rings. The van der Waals surface area contributed by atoms with E-state index in [0.29, 0.717) is 6.04 Å².